The van der Waals surface area contributed by atoms with Crippen molar-refractivity contribution in [1.29, 1.82) is 0 Å². The van der Waals surface area contributed by atoms with E-state index < -0.39 is 29.9 Å². The molecule has 6 aromatic rings. The standard InChI is InChI=1S/C32H25ClFN9O3/c33-20-4-1-3-18(11-20)29-28-23(5-2-6-24(28)39-40-29)38-32(46)26-13-21(34)15-42(26)27(44)16-43-25-8-7-17(19-9-10-36-37-14-19)12-22(25)30(41-43)31(35)45/h1-12,14,21,26H,13,15-16H2,(H2,35,45)(H,38,46)(H,39,40). The molecule has 230 valence electrons. The molecule has 1 saturated heterocycles. The Morgan fingerprint density at radius 3 is 2.65 bits per heavy atom. The molecule has 2 unspecified atom stereocenters. The van der Waals surface area contributed by atoms with Gasteiger partial charge in [0, 0.05) is 28.0 Å². The zero-order valence-corrected chi connectivity index (χ0v) is 24.8. The van der Waals surface area contributed by atoms with E-state index in [2.05, 4.69) is 30.8 Å². The monoisotopic (exact) mass is 637 g/mol. The predicted octanol–water partition coefficient (Wildman–Crippen LogP) is 4.37. The normalized spacial score (nSPS) is 16.3. The molecule has 46 heavy (non-hydrogen) atoms. The van der Waals surface area contributed by atoms with E-state index >= 15 is 0 Å². The van der Waals surface area contributed by atoms with E-state index in [9.17, 15) is 18.8 Å². The highest BCUT2D eigenvalue weighted by atomic mass is 35.5. The van der Waals surface area contributed by atoms with Gasteiger partial charge in [0.05, 0.1) is 41.0 Å². The van der Waals surface area contributed by atoms with Crippen LogP contribution in [-0.2, 0) is 16.1 Å². The Bertz CT molecular complexity index is 2150. The van der Waals surface area contributed by atoms with Gasteiger partial charge < -0.3 is 16.0 Å². The number of halogens is 2. The summed E-state index contributed by atoms with van der Waals surface area (Å²) in [5.74, 6) is -1.85. The highest BCUT2D eigenvalue weighted by molar-refractivity contribution is 6.31. The minimum absolute atomic E-state index is 0.0190. The van der Waals surface area contributed by atoms with Gasteiger partial charge in [-0.15, -0.1) is 0 Å². The number of alkyl halides is 1. The largest absolute Gasteiger partial charge is 0.364 e. The average molecular weight is 638 g/mol. The Morgan fingerprint density at radius 2 is 1.87 bits per heavy atom. The Labute approximate surface area is 265 Å². The molecule has 0 bridgehead atoms. The molecule has 12 nitrogen and oxygen atoms in total. The second-order valence-corrected chi connectivity index (χ2v) is 11.4. The minimum Gasteiger partial charge on any atom is -0.364 e. The SMILES string of the molecule is NC(=O)c1nn(CC(=O)N2CC(F)CC2C(=O)Nc2cccc3[nH]nc(-c4cccc(Cl)c4)c23)c2ccc(-c3ccnnc3)cc12. The topological polar surface area (TPSA) is 165 Å². The smallest absolute Gasteiger partial charge is 0.269 e. The van der Waals surface area contributed by atoms with Crippen LogP contribution in [0.25, 0.3) is 44.2 Å². The number of carbonyl (C=O) groups is 3. The summed E-state index contributed by atoms with van der Waals surface area (Å²) in [6, 6.07) is 18.4. The third-order valence-electron chi connectivity index (χ3n) is 8.00. The number of aromatic amines is 1. The van der Waals surface area contributed by atoms with Crippen LogP contribution in [0.15, 0.2) is 79.1 Å². The van der Waals surface area contributed by atoms with Crippen LogP contribution in [0.3, 0.4) is 0 Å². The van der Waals surface area contributed by atoms with Crippen molar-refractivity contribution in [2.24, 2.45) is 5.73 Å². The van der Waals surface area contributed by atoms with Crippen LogP contribution in [-0.4, -0.2) is 71.6 Å². The number of aromatic nitrogens is 6. The lowest BCUT2D eigenvalue weighted by molar-refractivity contribution is -0.137. The van der Waals surface area contributed by atoms with Crippen molar-refractivity contribution in [3.05, 3.63) is 89.8 Å². The van der Waals surface area contributed by atoms with Gasteiger partial charge in [0.2, 0.25) is 11.8 Å². The molecule has 3 aromatic heterocycles. The molecule has 4 heterocycles. The van der Waals surface area contributed by atoms with E-state index in [1.54, 1.807) is 67.0 Å². The van der Waals surface area contributed by atoms with Gasteiger partial charge in [-0.05, 0) is 48.0 Å². The molecule has 7 rings (SSSR count). The second-order valence-electron chi connectivity index (χ2n) is 10.9. The highest BCUT2D eigenvalue weighted by Gasteiger charge is 2.40. The fourth-order valence-corrected chi connectivity index (χ4v) is 6.08. The van der Waals surface area contributed by atoms with Crippen molar-refractivity contribution < 1.29 is 18.8 Å². The Balaban J connectivity index is 1.16. The van der Waals surface area contributed by atoms with Gasteiger partial charge in [-0.25, -0.2) is 4.39 Å². The van der Waals surface area contributed by atoms with E-state index in [0.29, 0.717) is 38.2 Å². The number of hydrogen-bond donors (Lipinski definition) is 3. The van der Waals surface area contributed by atoms with Crippen molar-refractivity contribution in [3.8, 4) is 22.4 Å². The molecule has 0 radical (unpaired) electrons. The number of benzene rings is 3. The number of primary amides is 1. The van der Waals surface area contributed by atoms with Crippen molar-refractivity contribution >= 4 is 56.8 Å². The Hall–Kier alpha value is -5.69. The molecule has 4 N–H and O–H groups in total. The number of nitrogens with two attached hydrogens (primary N) is 1. The molecule has 0 aliphatic carbocycles. The summed E-state index contributed by atoms with van der Waals surface area (Å²) in [5, 5.41) is 23.9. The second kappa shape index (κ2) is 11.7. The lowest BCUT2D eigenvalue weighted by atomic mass is 10.0. The average Bonchev–Trinajstić information content (AvgIpc) is 3.77. The lowest BCUT2D eigenvalue weighted by Gasteiger charge is -2.24. The summed E-state index contributed by atoms with van der Waals surface area (Å²) in [6.07, 6.45) is 1.55. The number of anilines is 1. The molecule has 1 fully saturated rings. The van der Waals surface area contributed by atoms with Gasteiger partial charge in [-0.1, -0.05) is 35.9 Å². The van der Waals surface area contributed by atoms with E-state index in [1.165, 1.54) is 9.58 Å². The van der Waals surface area contributed by atoms with E-state index in [4.69, 9.17) is 17.3 Å². The minimum atomic E-state index is -1.40. The van der Waals surface area contributed by atoms with Crippen LogP contribution >= 0.6 is 11.6 Å². The van der Waals surface area contributed by atoms with E-state index in [0.717, 1.165) is 16.7 Å². The first kappa shape index (κ1) is 29.0. The summed E-state index contributed by atoms with van der Waals surface area (Å²) < 4.78 is 16.2. The summed E-state index contributed by atoms with van der Waals surface area (Å²) >= 11 is 6.21. The fraction of sp³-hybridized carbons (Fsp3) is 0.156. The highest BCUT2D eigenvalue weighted by Crippen LogP contribution is 2.34. The number of rotatable bonds is 7. The first-order chi connectivity index (χ1) is 22.3. The van der Waals surface area contributed by atoms with Crippen LogP contribution in [0.4, 0.5) is 10.1 Å². The predicted molar refractivity (Wildman–Crippen MR) is 169 cm³/mol. The molecule has 1 aliphatic rings. The number of H-pyrrole nitrogens is 1. The zero-order chi connectivity index (χ0) is 31.9. The molecule has 14 heteroatoms. The molecule has 0 saturated carbocycles. The third-order valence-corrected chi connectivity index (χ3v) is 8.24. The van der Waals surface area contributed by atoms with Crippen molar-refractivity contribution in [2.75, 3.05) is 11.9 Å². The summed E-state index contributed by atoms with van der Waals surface area (Å²) in [5.41, 5.74) is 10.0. The van der Waals surface area contributed by atoms with Gasteiger partial charge in [0.1, 0.15) is 24.5 Å². The van der Waals surface area contributed by atoms with Gasteiger partial charge in [0.25, 0.3) is 5.91 Å². The quantitative estimate of drug-likeness (QED) is 0.234. The first-order valence-electron chi connectivity index (χ1n) is 14.3. The number of carbonyl (C=O) groups excluding carboxylic acids is 3. The number of fused-ring (bicyclic) bond motifs is 2. The summed E-state index contributed by atoms with van der Waals surface area (Å²) in [7, 11) is 0. The van der Waals surface area contributed by atoms with Crippen LogP contribution in [0.5, 0.6) is 0 Å². The lowest BCUT2D eigenvalue weighted by Crippen LogP contribution is -2.44. The van der Waals surface area contributed by atoms with Gasteiger partial charge in [0.15, 0.2) is 5.69 Å². The first-order valence-corrected chi connectivity index (χ1v) is 14.7. The van der Waals surface area contributed by atoms with Crippen LogP contribution < -0.4 is 11.1 Å². The van der Waals surface area contributed by atoms with Crippen molar-refractivity contribution in [2.45, 2.75) is 25.2 Å². The molecule has 3 aromatic carbocycles. The van der Waals surface area contributed by atoms with Crippen LogP contribution in [0.2, 0.25) is 5.02 Å². The zero-order valence-electron chi connectivity index (χ0n) is 24.0. The Morgan fingerprint density at radius 1 is 1.02 bits per heavy atom. The van der Waals surface area contributed by atoms with E-state index in [-0.39, 0.29) is 25.2 Å². The number of hydrogen-bond acceptors (Lipinski definition) is 7. The molecule has 1 aliphatic heterocycles. The maximum Gasteiger partial charge on any atom is 0.269 e. The molecular weight excluding hydrogens is 613 g/mol. The van der Waals surface area contributed by atoms with Gasteiger partial charge in [-0.3, -0.25) is 24.2 Å². The molecule has 3 amide bonds. The molecular formula is C32H25ClFN9O3. The third kappa shape index (κ3) is 5.30. The number of nitrogens with one attached hydrogen (secondary N) is 2. The van der Waals surface area contributed by atoms with Gasteiger partial charge in [-0.2, -0.15) is 20.4 Å². The van der Waals surface area contributed by atoms with Crippen LogP contribution in [0, 0.1) is 0 Å². The summed E-state index contributed by atoms with van der Waals surface area (Å²) in [4.78, 5) is 40.8. The Kier molecular flexibility index (Phi) is 7.37. The van der Waals surface area contributed by atoms with Crippen molar-refractivity contribution in [3.63, 3.8) is 0 Å². The maximum atomic E-state index is 14.8. The fourth-order valence-electron chi connectivity index (χ4n) is 5.89. The van der Waals surface area contributed by atoms with Gasteiger partial charge >= 0.3 is 0 Å². The van der Waals surface area contributed by atoms with E-state index in [1.807, 2.05) is 12.1 Å². The maximum absolute atomic E-state index is 14.8. The summed E-state index contributed by atoms with van der Waals surface area (Å²) in [6.45, 7) is -0.603. The number of nitrogens with zero attached hydrogens (tertiary/aromatic N) is 6. The van der Waals surface area contributed by atoms with Crippen LogP contribution in [0.1, 0.15) is 16.9 Å². The molecule has 2 atom stereocenters. The van der Waals surface area contributed by atoms with Crippen molar-refractivity contribution in [1.82, 2.24) is 35.1 Å². The molecule has 0 spiro atoms. The number of likely N-dealkylation sites (tertiary alicyclic amines) is 1. The number of amides is 3.